The third-order valence-corrected chi connectivity index (χ3v) is 10.8. The number of fused-ring (bicyclic) bond motifs is 3. The van der Waals surface area contributed by atoms with Crippen LogP contribution < -0.4 is 0 Å². The molecular weight excluding hydrogens is 504 g/mol. The number of carbonyl (C=O) groups is 4. The highest BCUT2D eigenvalue weighted by atomic mass is 16.6. The summed E-state index contributed by atoms with van der Waals surface area (Å²) in [7, 11) is 0. The van der Waals surface area contributed by atoms with E-state index in [2.05, 4.69) is 0 Å². The molecule has 9 heteroatoms. The monoisotopic (exact) mass is 538 g/mol. The number of furan rings is 1. The Hall–Kier alpha value is -3.20. The molecule has 1 saturated heterocycles. The molecule has 3 fully saturated rings. The zero-order valence-corrected chi connectivity index (χ0v) is 23.2. The average Bonchev–Trinajstić information content (AvgIpc) is 3.20. The van der Waals surface area contributed by atoms with Gasteiger partial charge in [0, 0.05) is 36.5 Å². The van der Waals surface area contributed by atoms with Crippen molar-refractivity contribution in [1.29, 1.82) is 0 Å². The molecule has 9 nitrogen and oxygen atoms in total. The van der Waals surface area contributed by atoms with Gasteiger partial charge in [-0.15, -0.1) is 0 Å². The van der Waals surface area contributed by atoms with Crippen LogP contribution in [0.4, 0.5) is 0 Å². The molecule has 9 atom stereocenters. The Morgan fingerprint density at radius 1 is 1.05 bits per heavy atom. The zero-order chi connectivity index (χ0) is 28.5. The molecular formula is C30H34O9. The van der Waals surface area contributed by atoms with Gasteiger partial charge >= 0.3 is 11.9 Å². The van der Waals surface area contributed by atoms with E-state index in [1.165, 1.54) is 19.9 Å². The molecule has 1 aromatic heterocycles. The van der Waals surface area contributed by atoms with Crippen molar-refractivity contribution in [2.45, 2.75) is 84.7 Å². The molecule has 1 spiro atoms. The van der Waals surface area contributed by atoms with Crippen LogP contribution in [0.25, 0.3) is 0 Å². The van der Waals surface area contributed by atoms with Crippen LogP contribution in [0.2, 0.25) is 0 Å². The van der Waals surface area contributed by atoms with Gasteiger partial charge in [0.15, 0.2) is 11.5 Å². The quantitative estimate of drug-likeness (QED) is 0.448. The van der Waals surface area contributed by atoms with Crippen molar-refractivity contribution in [3.8, 4) is 0 Å². The SMILES string of the molecule is CC(=O)O[C@@H]1C2[C@@]3(C)C=CC(=O)C(C)(C)C3=C(O)C(=O)[C@@]2(C)[C@@]23O[C@@H]2C[C@@H](c2ccoc2)[C@]3(C)[C@H]1OC(C)=O. The summed E-state index contributed by atoms with van der Waals surface area (Å²) in [6.45, 7) is 11.5. The van der Waals surface area contributed by atoms with E-state index in [9.17, 15) is 24.3 Å². The lowest BCUT2D eigenvalue weighted by Crippen LogP contribution is -2.75. The maximum atomic E-state index is 14.6. The Bertz CT molecular complexity index is 1380. The van der Waals surface area contributed by atoms with E-state index in [1.807, 2.05) is 19.9 Å². The number of hydrogen-bond donors (Lipinski definition) is 1. The third kappa shape index (κ3) is 2.74. The van der Waals surface area contributed by atoms with Gasteiger partial charge in [-0.25, -0.2) is 0 Å². The van der Waals surface area contributed by atoms with Gasteiger partial charge in [-0.3, -0.25) is 19.2 Å². The van der Waals surface area contributed by atoms with Gasteiger partial charge < -0.3 is 23.7 Å². The second-order valence-electron chi connectivity index (χ2n) is 12.9. The van der Waals surface area contributed by atoms with Crippen LogP contribution in [0.5, 0.6) is 0 Å². The van der Waals surface area contributed by atoms with Crippen molar-refractivity contribution in [3.63, 3.8) is 0 Å². The number of carbonyl (C=O) groups excluding carboxylic acids is 4. The highest BCUT2D eigenvalue weighted by molar-refractivity contribution is 6.06. The topological polar surface area (TPSA) is 133 Å². The number of allylic oxidation sites excluding steroid dienone is 4. The van der Waals surface area contributed by atoms with Crippen LogP contribution in [0.3, 0.4) is 0 Å². The van der Waals surface area contributed by atoms with E-state index >= 15 is 0 Å². The summed E-state index contributed by atoms with van der Waals surface area (Å²) < 4.78 is 24.1. The number of Topliss-reactive ketones (excluding diaryl/α,β-unsaturated/α-hetero) is 1. The normalized spacial score (nSPS) is 45.2. The lowest BCUT2D eigenvalue weighted by Gasteiger charge is -2.65. The van der Waals surface area contributed by atoms with Crippen LogP contribution >= 0.6 is 0 Å². The smallest absolute Gasteiger partial charge is 0.303 e. The Balaban J connectivity index is 1.69. The van der Waals surface area contributed by atoms with Crippen LogP contribution in [-0.2, 0) is 33.4 Å². The summed E-state index contributed by atoms with van der Waals surface area (Å²) in [5.41, 5.74) is -4.76. The second kappa shape index (κ2) is 7.50. The maximum absolute atomic E-state index is 14.6. The molecule has 39 heavy (non-hydrogen) atoms. The fraction of sp³-hybridized carbons (Fsp3) is 0.600. The van der Waals surface area contributed by atoms with E-state index in [0.717, 1.165) is 5.56 Å². The van der Waals surface area contributed by atoms with Gasteiger partial charge in [0.25, 0.3) is 0 Å². The van der Waals surface area contributed by atoms with E-state index in [0.29, 0.717) is 6.42 Å². The lowest BCUT2D eigenvalue weighted by molar-refractivity contribution is -0.247. The standard InChI is InChI=1S/C30H34O9/c1-14(31)37-21-23-27(5)10-8-18(33)26(3,4)22(27)20(34)24(35)29(23,7)30-19(39-30)12-17(16-9-11-36-13-16)28(30,6)25(21)38-15(2)32/h8-11,13,17,19,21,23,25,34H,12H2,1-7H3/t17-,19+,21+,23?,25-,27-,28+,29-,30+/m0/s1. The average molecular weight is 539 g/mol. The zero-order valence-electron chi connectivity index (χ0n) is 23.2. The number of epoxide rings is 1. The van der Waals surface area contributed by atoms with Crippen molar-refractivity contribution >= 4 is 23.5 Å². The molecule has 208 valence electrons. The van der Waals surface area contributed by atoms with Crippen molar-refractivity contribution in [2.24, 2.45) is 27.6 Å². The minimum atomic E-state index is -1.40. The van der Waals surface area contributed by atoms with Crippen molar-refractivity contribution < 1.29 is 42.9 Å². The first-order chi connectivity index (χ1) is 18.1. The van der Waals surface area contributed by atoms with Gasteiger partial charge in [-0.2, -0.15) is 0 Å². The fourth-order valence-electron chi connectivity index (χ4n) is 9.50. The lowest BCUT2D eigenvalue weighted by atomic mass is 9.38. The summed E-state index contributed by atoms with van der Waals surface area (Å²) in [5.74, 6) is -3.51. The molecule has 5 aliphatic rings. The van der Waals surface area contributed by atoms with Gasteiger partial charge in [-0.1, -0.05) is 19.9 Å². The number of aliphatic hydroxyl groups is 1. The van der Waals surface area contributed by atoms with Crippen LogP contribution in [0.15, 0.2) is 46.5 Å². The third-order valence-electron chi connectivity index (χ3n) is 10.8. The minimum absolute atomic E-state index is 0.251. The number of esters is 2. The van der Waals surface area contributed by atoms with Gasteiger partial charge in [0.2, 0.25) is 5.78 Å². The molecule has 2 heterocycles. The van der Waals surface area contributed by atoms with Crippen molar-refractivity contribution in [2.75, 3.05) is 0 Å². The highest BCUT2D eigenvalue weighted by Gasteiger charge is 2.91. The molecule has 6 rings (SSSR count). The first-order valence-electron chi connectivity index (χ1n) is 13.4. The molecule has 4 aliphatic carbocycles. The summed E-state index contributed by atoms with van der Waals surface area (Å²) in [4.78, 5) is 52.9. The molecule has 0 radical (unpaired) electrons. The number of rotatable bonds is 3. The molecule has 0 aromatic carbocycles. The van der Waals surface area contributed by atoms with Gasteiger partial charge in [-0.05, 0) is 50.5 Å². The largest absolute Gasteiger partial charge is 0.504 e. The first kappa shape index (κ1) is 26.0. The first-order valence-corrected chi connectivity index (χ1v) is 13.4. The van der Waals surface area contributed by atoms with E-state index in [1.54, 1.807) is 39.4 Å². The molecule has 1 aliphatic heterocycles. The molecule has 1 aromatic rings. The number of ether oxygens (including phenoxy) is 3. The predicted octanol–water partition coefficient (Wildman–Crippen LogP) is 3.98. The Kier molecular flexibility index (Phi) is 5.01. The van der Waals surface area contributed by atoms with Crippen molar-refractivity contribution in [3.05, 3.63) is 47.6 Å². The Labute approximate surface area is 226 Å². The van der Waals surface area contributed by atoms with Crippen LogP contribution in [0, 0.1) is 27.6 Å². The number of aliphatic hydroxyl groups excluding tert-OH is 1. The number of ketones is 2. The summed E-state index contributed by atoms with van der Waals surface area (Å²) in [6.07, 6.45) is 4.42. The maximum Gasteiger partial charge on any atom is 0.303 e. The van der Waals surface area contributed by atoms with E-state index in [-0.39, 0.29) is 23.4 Å². The molecule has 1 N–H and O–H groups in total. The van der Waals surface area contributed by atoms with Crippen LogP contribution in [0.1, 0.15) is 66.4 Å². The van der Waals surface area contributed by atoms with E-state index < -0.39 is 68.9 Å². The Morgan fingerprint density at radius 3 is 2.31 bits per heavy atom. The molecule has 0 amide bonds. The number of hydrogen-bond acceptors (Lipinski definition) is 9. The summed E-state index contributed by atoms with van der Waals surface area (Å²) in [5, 5.41) is 11.6. The molecule has 1 unspecified atom stereocenters. The molecule has 0 bridgehead atoms. The van der Waals surface area contributed by atoms with Gasteiger partial charge in [0.05, 0.1) is 29.5 Å². The second-order valence-corrected chi connectivity index (χ2v) is 12.9. The fourth-order valence-corrected chi connectivity index (χ4v) is 9.50. The minimum Gasteiger partial charge on any atom is -0.504 e. The summed E-state index contributed by atoms with van der Waals surface area (Å²) in [6, 6.07) is 1.84. The Morgan fingerprint density at radius 2 is 1.72 bits per heavy atom. The summed E-state index contributed by atoms with van der Waals surface area (Å²) >= 11 is 0. The highest BCUT2D eigenvalue weighted by Crippen LogP contribution is 2.81. The predicted molar refractivity (Wildman–Crippen MR) is 135 cm³/mol. The van der Waals surface area contributed by atoms with E-state index in [4.69, 9.17) is 18.6 Å². The van der Waals surface area contributed by atoms with Crippen LogP contribution in [-0.4, -0.2) is 52.5 Å². The van der Waals surface area contributed by atoms with Gasteiger partial charge in [0.1, 0.15) is 17.8 Å². The molecule has 2 saturated carbocycles. The van der Waals surface area contributed by atoms with Crippen molar-refractivity contribution in [1.82, 2.24) is 0 Å².